The molecular formula is C25H23NO3. The van der Waals surface area contributed by atoms with Gasteiger partial charge in [0.1, 0.15) is 0 Å². The summed E-state index contributed by atoms with van der Waals surface area (Å²) in [4.78, 5) is 25.8. The molecule has 1 aliphatic carbocycles. The van der Waals surface area contributed by atoms with Crippen LogP contribution in [0.15, 0.2) is 84.9 Å². The molecule has 0 spiro atoms. The summed E-state index contributed by atoms with van der Waals surface area (Å²) in [6.45, 7) is 0. The van der Waals surface area contributed by atoms with Crippen LogP contribution in [0, 0.1) is 0 Å². The largest absolute Gasteiger partial charge is 0.444 e. The van der Waals surface area contributed by atoms with Gasteiger partial charge in [0.2, 0.25) is 6.10 Å². The highest BCUT2D eigenvalue weighted by molar-refractivity contribution is 5.94. The van der Waals surface area contributed by atoms with Crippen molar-refractivity contribution in [3.8, 4) is 0 Å². The number of hydrogen-bond acceptors (Lipinski definition) is 3. The van der Waals surface area contributed by atoms with Crippen molar-refractivity contribution in [1.29, 1.82) is 0 Å². The smallest absolute Gasteiger partial charge is 0.339 e. The summed E-state index contributed by atoms with van der Waals surface area (Å²) < 4.78 is 5.74. The molecule has 29 heavy (non-hydrogen) atoms. The molecule has 0 bridgehead atoms. The summed E-state index contributed by atoms with van der Waals surface area (Å²) in [5.41, 5.74) is 3.13. The van der Waals surface area contributed by atoms with Crippen LogP contribution in [0.2, 0.25) is 0 Å². The molecule has 0 aromatic heterocycles. The molecule has 1 amide bonds. The first-order valence-corrected chi connectivity index (χ1v) is 9.89. The van der Waals surface area contributed by atoms with E-state index in [1.54, 1.807) is 18.2 Å². The Morgan fingerprint density at radius 3 is 2.17 bits per heavy atom. The Morgan fingerprint density at radius 2 is 1.48 bits per heavy atom. The van der Waals surface area contributed by atoms with E-state index in [0.29, 0.717) is 17.5 Å². The molecule has 0 unspecified atom stereocenters. The topological polar surface area (TPSA) is 55.4 Å². The van der Waals surface area contributed by atoms with Crippen LogP contribution in [0.1, 0.15) is 46.0 Å². The Balaban J connectivity index is 1.57. The lowest BCUT2D eigenvalue weighted by molar-refractivity contribution is -0.130. The van der Waals surface area contributed by atoms with Gasteiger partial charge in [0.05, 0.1) is 5.56 Å². The summed E-state index contributed by atoms with van der Waals surface area (Å²) >= 11 is 0. The quantitative estimate of drug-likeness (QED) is 0.611. The minimum atomic E-state index is -0.964. The summed E-state index contributed by atoms with van der Waals surface area (Å²) in [5, 5.41) is 2.95. The van der Waals surface area contributed by atoms with Crippen LogP contribution >= 0.6 is 0 Å². The maximum Gasteiger partial charge on any atom is 0.339 e. The standard InChI is InChI=1S/C25H23NO3/c27-24(26-21-15-16-21)23(19-11-5-2-6-12-19)29-25(28)22-14-8-7-13-20(22)17-18-9-3-1-4-10-18/h1-14,21,23H,15-17H2,(H,26,27)/t23-/m0/s1. The van der Waals surface area contributed by atoms with Crippen LogP contribution in [0.25, 0.3) is 0 Å². The summed E-state index contributed by atoms with van der Waals surface area (Å²) in [7, 11) is 0. The molecule has 0 heterocycles. The van der Waals surface area contributed by atoms with Gasteiger partial charge in [0.15, 0.2) is 0 Å². The van der Waals surface area contributed by atoms with Crippen LogP contribution in [0.3, 0.4) is 0 Å². The third-order valence-electron chi connectivity index (χ3n) is 4.96. The van der Waals surface area contributed by atoms with E-state index >= 15 is 0 Å². The first-order valence-electron chi connectivity index (χ1n) is 9.89. The Hall–Kier alpha value is -3.40. The van der Waals surface area contributed by atoms with E-state index < -0.39 is 12.1 Å². The Kier molecular flexibility index (Phi) is 5.71. The lowest BCUT2D eigenvalue weighted by Crippen LogP contribution is -2.33. The second-order valence-electron chi connectivity index (χ2n) is 7.30. The van der Waals surface area contributed by atoms with Crippen molar-refractivity contribution in [2.24, 2.45) is 0 Å². The first-order chi connectivity index (χ1) is 14.2. The van der Waals surface area contributed by atoms with E-state index in [9.17, 15) is 9.59 Å². The van der Waals surface area contributed by atoms with E-state index in [2.05, 4.69) is 5.32 Å². The number of benzene rings is 3. The SMILES string of the molecule is O=C(O[C@H](C(=O)NC1CC1)c1ccccc1)c1ccccc1Cc1ccccc1. The fraction of sp³-hybridized carbons (Fsp3) is 0.200. The fourth-order valence-corrected chi connectivity index (χ4v) is 3.27. The number of hydrogen-bond donors (Lipinski definition) is 1. The Morgan fingerprint density at radius 1 is 0.862 bits per heavy atom. The van der Waals surface area contributed by atoms with Crippen LogP contribution in [-0.4, -0.2) is 17.9 Å². The zero-order valence-electron chi connectivity index (χ0n) is 16.1. The zero-order chi connectivity index (χ0) is 20.1. The number of amides is 1. The molecule has 0 saturated heterocycles. The summed E-state index contributed by atoms with van der Waals surface area (Å²) in [5.74, 6) is -0.760. The van der Waals surface area contributed by atoms with Crippen molar-refractivity contribution in [2.45, 2.75) is 31.4 Å². The molecule has 146 valence electrons. The molecule has 1 fully saturated rings. The third kappa shape index (κ3) is 4.91. The lowest BCUT2D eigenvalue weighted by Gasteiger charge is -2.19. The van der Waals surface area contributed by atoms with Crippen molar-refractivity contribution in [1.82, 2.24) is 5.32 Å². The van der Waals surface area contributed by atoms with Crippen molar-refractivity contribution in [2.75, 3.05) is 0 Å². The van der Waals surface area contributed by atoms with Crippen LogP contribution in [0.5, 0.6) is 0 Å². The third-order valence-corrected chi connectivity index (χ3v) is 4.96. The number of carbonyl (C=O) groups excluding carboxylic acids is 2. The predicted octanol–water partition coefficient (Wildman–Crippen LogP) is 4.45. The normalized spacial score (nSPS) is 14.1. The lowest BCUT2D eigenvalue weighted by atomic mass is 9.99. The molecule has 1 N–H and O–H groups in total. The molecule has 0 aliphatic heterocycles. The average molecular weight is 385 g/mol. The highest BCUT2D eigenvalue weighted by Crippen LogP contribution is 2.25. The van der Waals surface area contributed by atoms with Crippen LogP contribution < -0.4 is 5.32 Å². The minimum absolute atomic E-state index is 0.192. The first kappa shape index (κ1) is 18.9. The van der Waals surface area contributed by atoms with Crippen molar-refractivity contribution in [3.05, 3.63) is 107 Å². The molecule has 4 rings (SSSR count). The van der Waals surface area contributed by atoms with E-state index in [4.69, 9.17) is 4.74 Å². The number of esters is 1. The van der Waals surface area contributed by atoms with Gasteiger partial charge in [-0.25, -0.2) is 4.79 Å². The maximum atomic E-state index is 13.0. The van der Waals surface area contributed by atoms with Crippen LogP contribution in [0.4, 0.5) is 0 Å². The molecule has 4 heteroatoms. The van der Waals surface area contributed by atoms with Crippen molar-refractivity contribution < 1.29 is 14.3 Å². The van der Waals surface area contributed by atoms with E-state index in [-0.39, 0.29) is 11.9 Å². The molecule has 1 atom stereocenters. The summed E-state index contributed by atoms with van der Waals surface area (Å²) in [6.07, 6.45) is 1.60. The molecule has 1 aliphatic rings. The van der Waals surface area contributed by atoms with Gasteiger partial charge in [-0.2, -0.15) is 0 Å². The van der Waals surface area contributed by atoms with Crippen LogP contribution in [-0.2, 0) is 16.0 Å². The average Bonchev–Trinajstić information content (AvgIpc) is 3.57. The van der Waals surface area contributed by atoms with Crippen molar-refractivity contribution >= 4 is 11.9 Å². The zero-order valence-corrected chi connectivity index (χ0v) is 16.1. The predicted molar refractivity (Wildman–Crippen MR) is 111 cm³/mol. The van der Waals surface area contributed by atoms with Crippen molar-refractivity contribution in [3.63, 3.8) is 0 Å². The number of carbonyl (C=O) groups is 2. The van der Waals surface area contributed by atoms with E-state index in [1.165, 1.54) is 0 Å². The highest BCUT2D eigenvalue weighted by atomic mass is 16.5. The maximum absolute atomic E-state index is 13.0. The van der Waals surface area contributed by atoms with Gasteiger partial charge < -0.3 is 10.1 Å². The Bertz CT molecular complexity index is 981. The molecular weight excluding hydrogens is 362 g/mol. The van der Waals surface area contributed by atoms with E-state index in [0.717, 1.165) is 24.0 Å². The van der Waals surface area contributed by atoms with Gasteiger partial charge in [0.25, 0.3) is 5.91 Å². The molecule has 0 radical (unpaired) electrons. The second-order valence-corrected chi connectivity index (χ2v) is 7.30. The Labute approximate surface area is 170 Å². The van der Waals surface area contributed by atoms with Gasteiger partial charge in [-0.05, 0) is 36.5 Å². The van der Waals surface area contributed by atoms with E-state index in [1.807, 2.05) is 66.7 Å². The second kappa shape index (κ2) is 8.74. The molecule has 4 nitrogen and oxygen atoms in total. The number of ether oxygens (including phenoxy) is 1. The van der Waals surface area contributed by atoms with Gasteiger partial charge in [-0.15, -0.1) is 0 Å². The highest BCUT2D eigenvalue weighted by Gasteiger charge is 2.31. The van der Waals surface area contributed by atoms with Gasteiger partial charge in [-0.1, -0.05) is 78.9 Å². The monoisotopic (exact) mass is 385 g/mol. The summed E-state index contributed by atoms with van der Waals surface area (Å²) in [6, 6.07) is 26.7. The van der Waals surface area contributed by atoms with Gasteiger partial charge in [0, 0.05) is 11.6 Å². The number of nitrogens with one attached hydrogen (secondary N) is 1. The molecule has 3 aromatic rings. The molecule has 1 saturated carbocycles. The fourth-order valence-electron chi connectivity index (χ4n) is 3.27. The number of rotatable bonds is 7. The van der Waals surface area contributed by atoms with Gasteiger partial charge in [-0.3, -0.25) is 4.79 Å². The minimum Gasteiger partial charge on any atom is -0.444 e. The molecule has 3 aromatic carbocycles. The van der Waals surface area contributed by atoms with Gasteiger partial charge >= 0.3 is 5.97 Å².